The van der Waals surface area contributed by atoms with E-state index in [1.54, 1.807) is 31.2 Å². The van der Waals surface area contributed by atoms with Gasteiger partial charge in [0.15, 0.2) is 11.4 Å². The number of anilines is 1. The molecular formula is C19H18N6O6. The molecule has 0 saturated carbocycles. The molecule has 0 atom stereocenters. The van der Waals surface area contributed by atoms with Gasteiger partial charge in [0.25, 0.3) is 5.56 Å². The Bertz CT molecular complexity index is 1180. The first-order valence-corrected chi connectivity index (χ1v) is 8.97. The Kier molecular flexibility index (Phi) is 6.40. The van der Waals surface area contributed by atoms with Gasteiger partial charge in [-0.15, -0.1) is 10.2 Å². The number of rotatable bonds is 8. The number of aromatic hydroxyl groups is 1. The fraction of sp³-hybridized carbons (Fsp3) is 0.158. The van der Waals surface area contributed by atoms with E-state index in [9.17, 15) is 20.0 Å². The van der Waals surface area contributed by atoms with Gasteiger partial charge in [-0.1, -0.05) is 0 Å². The zero-order valence-corrected chi connectivity index (χ0v) is 16.5. The van der Waals surface area contributed by atoms with Gasteiger partial charge >= 0.3 is 5.69 Å². The third kappa shape index (κ3) is 4.93. The van der Waals surface area contributed by atoms with Crippen LogP contribution in [-0.2, 0) is 0 Å². The van der Waals surface area contributed by atoms with Gasteiger partial charge in [-0.2, -0.15) is 5.10 Å². The van der Waals surface area contributed by atoms with Gasteiger partial charge in [-0.05, 0) is 37.3 Å². The second-order valence-corrected chi connectivity index (χ2v) is 6.03. The fourth-order valence-electron chi connectivity index (χ4n) is 2.59. The zero-order valence-electron chi connectivity index (χ0n) is 16.5. The van der Waals surface area contributed by atoms with Crippen LogP contribution in [0.4, 0.5) is 11.6 Å². The molecular weight excluding hydrogens is 408 g/mol. The minimum absolute atomic E-state index is 0.0307. The van der Waals surface area contributed by atoms with Gasteiger partial charge < -0.3 is 14.6 Å². The highest BCUT2D eigenvalue weighted by molar-refractivity contribution is 5.83. The molecule has 0 spiro atoms. The van der Waals surface area contributed by atoms with Crippen molar-refractivity contribution in [3.8, 4) is 28.5 Å². The molecule has 0 unspecified atom stereocenters. The Morgan fingerprint density at radius 2 is 2.03 bits per heavy atom. The van der Waals surface area contributed by atoms with E-state index in [4.69, 9.17) is 9.47 Å². The van der Waals surface area contributed by atoms with Crippen molar-refractivity contribution in [2.75, 3.05) is 19.1 Å². The number of phenolic OH excluding ortho intramolecular Hbond substituents is 1. The smallest absolute Gasteiger partial charge is 0.315 e. The lowest BCUT2D eigenvalue weighted by atomic mass is 10.1. The average molecular weight is 426 g/mol. The predicted octanol–water partition coefficient (Wildman–Crippen LogP) is 2.30. The zero-order chi connectivity index (χ0) is 22.4. The van der Waals surface area contributed by atoms with Crippen molar-refractivity contribution in [2.24, 2.45) is 5.10 Å². The topological polar surface area (TPSA) is 165 Å². The number of nitrogens with zero attached hydrogens (tertiary/aromatic N) is 4. The van der Waals surface area contributed by atoms with Crippen molar-refractivity contribution in [3.63, 3.8) is 0 Å². The Labute approximate surface area is 175 Å². The average Bonchev–Trinajstić information content (AvgIpc) is 2.76. The number of hydrogen-bond acceptors (Lipinski definition) is 10. The standard InChI is InChI=1S/C19H18N6O6/c1-3-31-15-9-11(8-14(17(15)26)25(28)29)10-20-23-19-21-18(27)16(22-24-19)12-4-6-13(30-2)7-5-12/h4-10,26H,3H2,1-2H3,(H2,21,23,24,27)/b20-10+. The number of hydrazone groups is 1. The molecule has 160 valence electrons. The summed E-state index contributed by atoms with van der Waals surface area (Å²) in [5.74, 6) is -0.00369. The normalized spacial score (nSPS) is 10.8. The molecule has 0 fully saturated rings. The van der Waals surface area contributed by atoms with Crippen LogP contribution in [0.1, 0.15) is 12.5 Å². The van der Waals surface area contributed by atoms with Crippen LogP contribution in [-0.4, -0.2) is 45.1 Å². The first kappa shape index (κ1) is 21.2. The van der Waals surface area contributed by atoms with Crippen LogP contribution in [0.15, 0.2) is 46.3 Å². The summed E-state index contributed by atoms with van der Waals surface area (Å²) in [5.41, 5.74) is 2.44. The van der Waals surface area contributed by atoms with Crippen LogP contribution < -0.4 is 20.5 Å². The fourth-order valence-corrected chi connectivity index (χ4v) is 2.59. The van der Waals surface area contributed by atoms with Crippen LogP contribution >= 0.6 is 0 Å². The molecule has 31 heavy (non-hydrogen) atoms. The maximum atomic E-state index is 12.3. The molecule has 0 bridgehead atoms. The molecule has 3 rings (SSSR count). The summed E-state index contributed by atoms with van der Waals surface area (Å²) in [6, 6.07) is 9.26. The molecule has 12 nitrogen and oxygen atoms in total. The largest absolute Gasteiger partial charge is 0.500 e. The third-order valence-corrected chi connectivity index (χ3v) is 4.02. The molecule has 0 aliphatic carbocycles. The summed E-state index contributed by atoms with van der Waals surface area (Å²) in [5, 5.41) is 32.7. The van der Waals surface area contributed by atoms with Gasteiger partial charge in [0.05, 0.1) is 24.9 Å². The van der Waals surface area contributed by atoms with E-state index in [1.807, 2.05) is 0 Å². The third-order valence-electron chi connectivity index (χ3n) is 4.02. The number of ether oxygens (including phenoxy) is 2. The first-order valence-electron chi connectivity index (χ1n) is 8.97. The van der Waals surface area contributed by atoms with E-state index < -0.39 is 21.9 Å². The van der Waals surface area contributed by atoms with Gasteiger partial charge in [0.1, 0.15) is 5.75 Å². The minimum Gasteiger partial charge on any atom is -0.500 e. The second-order valence-electron chi connectivity index (χ2n) is 6.03. The number of nitro groups is 1. The minimum atomic E-state index is -0.733. The SMILES string of the molecule is CCOc1cc(/C=N/Nc2nnc(-c3ccc(OC)cc3)c(=O)[nH]2)cc([N+](=O)[O-])c1O. The molecule has 0 amide bonds. The van der Waals surface area contributed by atoms with Crippen LogP contribution in [0.3, 0.4) is 0 Å². The highest BCUT2D eigenvalue weighted by atomic mass is 16.6. The van der Waals surface area contributed by atoms with Crippen molar-refractivity contribution in [3.05, 3.63) is 62.4 Å². The van der Waals surface area contributed by atoms with Crippen LogP contribution in [0.5, 0.6) is 17.2 Å². The quantitative estimate of drug-likeness (QED) is 0.278. The lowest BCUT2D eigenvalue weighted by Gasteiger charge is -2.07. The number of H-pyrrole nitrogens is 1. The van der Waals surface area contributed by atoms with Gasteiger partial charge in [-0.25, -0.2) is 5.43 Å². The van der Waals surface area contributed by atoms with Crippen LogP contribution in [0, 0.1) is 10.1 Å². The Morgan fingerprint density at radius 3 is 2.65 bits per heavy atom. The van der Waals surface area contributed by atoms with Crippen molar-refractivity contribution in [2.45, 2.75) is 6.92 Å². The molecule has 1 aromatic heterocycles. The van der Waals surface area contributed by atoms with Crippen molar-refractivity contribution >= 4 is 17.9 Å². The molecule has 0 aliphatic heterocycles. The van der Waals surface area contributed by atoms with E-state index in [-0.39, 0.29) is 29.6 Å². The monoisotopic (exact) mass is 426 g/mol. The van der Waals surface area contributed by atoms with Crippen molar-refractivity contribution in [1.82, 2.24) is 15.2 Å². The number of hydrogen-bond donors (Lipinski definition) is 3. The molecule has 12 heteroatoms. The Hall–Kier alpha value is -4.48. The molecule has 0 aliphatic rings. The van der Waals surface area contributed by atoms with E-state index >= 15 is 0 Å². The number of nitrogens with one attached hydrogen (secondary N) is 2. The van der Waals surface area contributed by atoms with Crippen molar-refractivity contribution < 1.29 is 19.5 Å². The van der Waals surface area contributed by atoms with Crippen molar-refractivity contribution in [1.29, 1.82) is 0 Å². The van der Waals surface area contributed by atoms with Gasteiger partial charge in [0, 0.05) is 17.2 Å². The number of methoxy groups -OCH3 is 1. The molecule has 2 aromatic carbocycles. The molecule has 3 aromatic rings. The van der Waals surface area contributed by atoms with Gasteiger partial charge in [-0.3, -0.25) is 19.9 Å². The van der Waals surface area contributed by atoms with E-state index in [2.05, 4.69) is 25.7 Å². The summed E-state index contributed by atoms with van der Waals surface area (Å²) in [6.07, 6.45) is 1.24. The second kappa shape index (κ2) is 9.35. The molecule has 0 radical (unpaired) electrons. The molecule has 1 heterocycles. The highest BCUT2D eigenvalue weighted by Crippen LogP contribution is 2.36. The number of phenols is 1. The van der Waals surface area contributed by atoms with Crippen LogP contribution in [0.25, 0.3) is 11.3 Å². The summed E-state index contributed by atoms with van der Waals surface area (Å²) in [6.45, 7) is 1.89. The van der Waals surface area contributed by atoms with Crippen LogP contribution in [0.2, 0.25) is 0 Å². The molecule has 0 saturated heterocycles. The summed E-state index contributed by atoms with van der Waals surface area (Å²) >= 11 is 0. The number of nitro benzene ring substituents is 1. The molecule has 3 N–H and O–H groups in total. The first-order chi connectivity index (χ1) is 14.9. The maximum absolute atomic E-state index is 12.3. The summed E-state index contributed by atoms with van der Waals surface area (Å²) < 4.78 is 10.3. The number of benzene rings is 2. The van der Waals surface area contributed by atoms with E-state index in [0.29, 0.717) is 11.3 Å². The van der Waals surface area contributed by atoms with Gasteiger partial charge in [0.2, 0.25) is 11.7 Å². The maximum Gasteiger partial charge on any atom is 0.315 e. The Morgan fingerprint density at radius 1 is 1.29 bits per heavy atom. The predicted molar refractivity (Wildman–Crippen MR) is 112 cm³/mol. The summed E-state index contributed by atoms with van der Waals surface area (Å²) in [4.78, 5) is 25.2. The lowest BCUT2D eigenvalue weighted by molar-refractivity contribution is -0.386. The van der Waals surface area contributed by atoms with E-state index in [0.717, 1.165) is 6.07 Å². The number of aromatic nitrogens is 3. The summed E-state index contributed by atoms with van der Waals surface area (Å²) in [7, 11) is 1.54. The van der Waals surface area contributed by atoms with E-state index in [1.165, 1.54) is 19.4 Å². The number of aromatic amines is 1. The highest BCUT2D eigenvalue weighted by Gasteiger charge is 2.19. The lowest BCUT2D eigenvalue weighted by Crippen LogP contribution is -2.15. The Balaban J connectivity index is 1.78.